The molecule has 0 aliphatic carbocycles. The van der Waals surface area contributed by atoms with Crippen molar-refractivity contribution in [3.8, 4) is 5.69 Å². The monoisotopic (exact) mass is 403 g/mol. The Labute approximate surface area is 131 Å². The average Bonchev–Trinajstić information content (AvgIpc) is 2.73. The lowest BCUT2D eigenvalue weighted by Gasteiger charge is -2.11. The SMILES string of the molecule is Nc1nc2cc(I)ccc2n1-c1cccc(C(F)(F)F)c1. The molecule has 0 saturated carbocycles. The van der Waals surface area contributed by atoms with Crippen LogP contribution in [-0.2, 0) is 6.18 Å². The average molecular weight is 403 g/mol. The summed E-state index contributed by atoms with van der Waals surface area (Å²) in [7, 11) is 0. The minimum atomic E-state index is -4.39. The van der Waals surface area contributed by atoms with Crippen molar-refractivity contribution >= 4 is 39.6 Å². The highest BCUT2D eigenvalue weighted by Gasteiger charge is 2.30. The van der Waals surface area contributed by atoms with E-state index in [0.717, 1.165) is 15.7 Å². The van der Waals surface area contributed by atoms with E-state index in [1.54, 1.807) is 12.1 Å². The lowest BCUT2D eigenvalue weighted by atomic mass is 10.2. The molecule has 108 valence electrons. The molecule has 0 saturated heterocycles. The van der Waals surface area contributed by atoms with E-state index in [1.165, 1.54) is 10.6 Å². The topological polar surface area (TPSA) is 43.8 Å². The number of nitrogen functional groups attached to an aromatic ring is 1. The summed E-state index contributed by atoms with van der Waals surface area (Å²) in [5.74, 6) is 0.159. The number of hydrogen-bond acceptors (Lipinski definition) is 2. The van der Waals surface area contributed by atoms with Crippen molar-refractivity contribution in [1.29, 1.82) is 0 Å². The fourth-order valence-electron chi connectivity index (χ4n) is 2.16. The molecule has 1 aromatic heterocycles. The van der Waals surface area contributed by atoms with Gasteiger partial charge in [-0.2, -0.15) is 13.2 Å². The van der Waals surface area contributed by atoms with E-state index in [1.807, 2.05) is 12.1 Å². The molecule has 0 amide bonds. The molecule has 7 heteroatoms. The second-order valence-corrected chi connectivity index (χ2v) is 5.73. The summed E-state index contributed by atoms with van der Waals surface area (Å²) < 4.78 is 41.0. The Morgan fingerprint density at radius 3 is 2.57 bits per heavy atom. The zero-order chi connectivity index (χ0) is 15.2. The molecule has 2 aromatic carbocycles. The minimum Gasteiger partial charge on any atom is -0.369 e. The van der Waals surface area contributed by atoms with E-state index in [4.69, 9.17) is 5.73 Å². The van der Waals surface area contributed by atoms with Gasteiger partial charge in [-0.3, -0.25) is 4.57 Å². The molecule has 3 aromatic rings. The molecule has 0 unspecified atom stereocenters. The summed E-state index contributed by atoms with van der Waals surface area (Å²) >= 11 is 2.14. The van der Waals surface area contributed by atoms with Crippen LogP contribution in [0.4, 0.5) is 19.1 Å². The Hall–Kier alpha value is -1.77. The summed E-state index contributed by atoms with van der Waals surface area (Å²) in [6.45, 7) is 0. The summed E-state index contributed by atoms with van der Waals surface area (Å²) in [6.07, 6.45) is -4.39. The number of hydrogen-bond donors (Lipinski definition) is 1. The molecule has 21 heavy (non-hydrogen) atoms. The lowest BCUT2D eigenvalue weighted by Crippen LogP contribution is -2.07. The zero-order valence-corrected chi connectivity index (χ0v) is 12.7. The van der Waals surface area contributed by atoms with Crippen LogP contribution in [0.2, 0.25) is 0 Å². The maximum Gasteiger partial charge on any atom is 0.416 e. The Morgan fingerprint density at radius 2 is 1.86 bits per heavy atom. The van der Waals surface area contributed by atoms with Crippen LogP contribution in [-0.4, -0.2) is 9.55 Å². The van der Waals surface area contributed by atoms with Crippen molar-refractivity contribution in [3.05, 3.63) is 51.6 Å². The van der Waals surface area contributed by atoms with Crippen molar-refractivity contribution in [3.63, 3.8) is 0 Å². The molecular formula is C14H9F3IN3. The third-order valence-corrected chi connectivity index (χ3v) is 3.75. The van der Waals surface area contributed by atoms with Crippen LogP contribution >= 0.6 is 22.6 Å². The second kappa shape index (κ2) is 4.90. The zero-order valence-electron chi connectivity index (χ0n) is 10.5. The number of anilines is 1. The fourth-order valence-corrected chi connectivity index (χ4v) is 2.64. The van der Waals surface area contributed by atoms with Gasteiger partial charge in [0.05, 0.1) is 16.6 Å². The van der Waals surface area contributed by atoms with Gasteiger partial charge in [0.1, 0.15) is 0 Å². The van der Waals surface area contributed by atoms with Crippen LogP contribution in [0.25, 0.3) is 16.7 Å². The summed E-state index contributed by atoms with van der Waals surface area (Å²) in [5, 5.41) is 0. The highest BCUT2D eigenvalue weighted by molar-refractivity contribution is 14.1. The van der Waals surface area contributed by atoms with Gasteiger partial charge in [0.2, 0.25) is 5.95 Å². The summed E-state index contributed by atoms with van der Waals surface area (Å²) in [4.78, 5) is 4.20. The molecule has 0 bridgehead atoms. The Morgan fingerprint density at radius 1 is 1.10 bits per heavy atom. The van der Waals surface area contributed by atoms with Crippen LogP contribution < -0.4 is 5.73 Å². The van der Waals surface area contributed by atoms with Gasteiger partial charge in [0, 0.05) is 9.26 Å². The molecular weight excluding hydrogens is 394 g/mol. The number of nitrogens with two attached hydrogens (primary N) is 1. The number of nitrogens with zero attached hydrogens (tertiary/aromatic N) is 2. The van der Waals surface area contributed by atoms with E-state index in [9.17, 15) is 13.2 Å². The van der Waals surface area contributed by atoms with Gasteiger partial charge in [-0.15, -0.1) is 0 Å². The Kier molecular flexibility index (Phi) is 3.31. The van der Waals surface area contributed by atoms with Crippen molar-refractivity contribution in [2.45, 2.75) is 6.18 Å². The van der Waals surface area contributed by atoms with E-state index in [2.05, 4.69) is 27.6 Å². The number of aromatic nitrogens is 2. The van der Waals surface area contributed by atoms with Gasteiger partial charge >= 0.3 is 6.18 Å². The largest absolute Gasteiger partial charge is 0.416 e. The lowest BCUT2D eigenvalue weighted by molar-refractivity contribution is -0.137. The number of imidazole rings is 1. The standard InChI is InChI=1S/C14H9F3IN3/c15-14(16,17)8-2-1-3-10(6-8)21-12-5-4-9(18)7-11(12)20-13(21)19/h1-7H,(H2,19,20). The predicted octanol–water partition coefficient (Wildman–Crippen LogP) is 4.23. The first-order valence-corrected chi connectivity index (χ1v) is 7.05. The van der Waals surface area contributed by atoms with E-state index < -0.39 is 11.7 Å². The van der Waals surface area contributed by atoms with Crippen LogP contribution in [0.5, 0.6) is 0 Å². The molecule has 0 fully saturated rings. The molecule has 0 atom stereocenters. The predicted molar refractivity (Wildman–Crippen MR) is 83.2 cm³/mol. The van der Waals surface area contributed by atoms with Gasteiger partial charge in [0.15, 0.2) is 0 Å². The third kappa shape index (κ3) is 2.57. The van der Waals surface area contributed by atoms with Gasteiger partial charge in [-0.25, -0.2) is 4.98 Å². The van der Waals surface area contributed by atoms with E-state index in [-0.39, 0.29) is 5.95 Å². The highest BCUT2D eigenvalue weighted by atomic mass is 127. The molecule has 3 nitrogen and oxygen atoms in total. The first kappa shape index (κ1) is 14.2. The van der Waals surface area contributed by atoms with Gasteiger partial charge in [0.25, 0.3) is 0 Å². The van der Waals surface area contributed by atoms with E-state index >= 15 is 0 Å². The molecule has 1 heterocycles. The maximum absolute atomic E-state index is 12.8. The quantitative estimate of drug-likeness (QED) is 0.619. The Bertz CT molecular complexity index is 824. The Balaban J connectivity index is 2.23. The van der Waals surface area contributed by atoms with Crippen LogP contribution in [0.15, 0.2) is 42.5 Å². The second-order valence-electron chi connectivity index (χ2n) is 4.49. The molecule has 0 spiro atoms. The number of halogens is 4. The number of alkyl halides is 3. The van der Waals surface area contributed by atoms with Gasteiger partial charge < -0.3 is 5.73 Å². The summed E-state index contributed by atoms with van der Waals surface area (Å²) in [5.41, 5.74) is 6.81. The molecule has 0 radical (unpaired) electrons. The maximum atomic E-state index is 12.8. The van der Waals surface area contributed by atoms with Crippen molar-refractivity contribution in [2.24, 2.45) is 0 Å². The minimum absolute atomic E-state index is 0.159. The van der Waals surface area contributed by atoms with Crippen molar-refractivity contribution in [2.75, 3.05) is 5.73 Å². The van der Waals surface area contributed by atoms with Gasteiger partial charge in [-0.1, -0.05) is 6.07 Å². The third-order valence-electron chi connectivity index (χ3n) is 3.07. The van der Waals surface area contributed by atoms with Gasteiger partial charge in [-0.05, 0) is 59.0 Å². The number of rotatable bonds is 1. The first-order chi connectivity index (χ1) is 9.86. The first-order valence-electron chi connectivity index (χ1n) is 5.97. The number of benzene rings is 2. The summed E-state index contributed by atoms with van der Waals surface area (Å²) in [6, 6.07) is 10.5. The molecule has 0 aliphatic heterocycles. The highest BCUT2D eigenvalue weighted by Crippen LogP contribution is 2.32. The van der Waals surface area contributed by atoms with Crippen LogP contribution in [0, 0.1) is 3.57 Å². The van der Waals surface area contributed by atoms with Crippen LogP contribution in [0.1, 0.15) is 5.56 Å². The smallest absolute Gasteiger partial charge is 0.369 e. The van der Waals surface area contributed by atoms with E-state index in [0.29, 0.717) is 16.7 Å². The molecule has 2 N–H and O–H groups in total. The molecule has 3 rings (SSSR count). The van der Waals surface area contributed by atoms with Crippen molar-refractivity contribution in [1.82, 2.24) is 9.55 Å². The normalized spacial score (nSPS) is 12.0. The molecule has 0 aliphatic rings. The number of fused-ring (bicyclic) bond motifs is 1. The van der Waals surface area contributed by atoms with Crippen molar-refractivity contribution < 1.29 is 13.2 Å². The fraction of sp³-hybridized carbons (Fsp3) is 0.0714. The van der Waals surface area contributed by atoms with Crippen LogP contribution in [0.3, 0.4) is 0 Å².